The number of nitrogens with zero attached hydrogens (tertiary/aromatic N) is 2. The molecule has 2 heterocycles. The van der Waals surface area contributed by atoms with Gasteiger partial charge >= 0.3 is 0 Å². The second-order valence-corrected chi connectivity index (χ2v) is 7.15. The number of likely N-dealkylation sites (tertiary alicyclic amines) is 1. The third-order valence-corrected chi connectivity index (χ3v) is 5.39. The molecule has 2 aliphatic rings. The minimum atomic E-state index is -0.281. The topological polar surface area (TPSA) is 75.9 Å². The molecule has 3 rings (SSSR count). The number of piperidine rings is 1. The van der Waals surface area contributed by atoms with Gasteiger partial charge in [0.2, 0.25) is 11.8 Å². The molecule has 2 fully saturated rings. The molecule has 0 aromatic heterocycles. The first-order valence-corrected chi connectivity index (χ1v) is 8.98. The van der Waals surface area contributed by atoms with Crippen LogP contribution in [0.2, 0.25) is 0 Å². The molecule has 0 bridgehead atoms. The molecule has 2 saturated heterocycles. The molecule has 2 N–H and O–H groups in total. The number of amides is 2. The Morgan fingerprint density at radius 3 is 2.62 bits per heavy atom. The van der Waals surface area contributed by atoms with Crippen molar-refractivity contribution >= 4 is 29.9 Å². The molecule has 26 heavy (non-hydrogen) atoms. The smallest absolute Gasteiger partial charge is 0.228 e. The Morgan fingerprint density at radius 2 is 2.00 bits per heavy atom. The van der Waals surface area contributed by atoms with Crippen molar-refractivity contribution in [3.8, 4) is 5.75 Å². The number of benzene rings is 1. The van der Waals surface area contributed by atoms with E-state index in [9.17, 15) is 9.59 Å². The minimum Gasteiger partial charge on any atom is -0.497 e. The monoisotopic (exact) mass is 381 g/mol. The van der Waals surface area contributed by atoms with Crippen molar-refractivity contribution in [2.45, 2.75) is 32.2 Å². The van der Waals surface area contributed by atoms with Crippen LogP contribution < -0.4 is 15.4 Å². The Morgan fingerprint density at radius 1 is 1.31 bits per heavy atom. The number of carbonyl (C=O) groups excluding carboxylic acids is 2. The molecule has 0 saturated carbocycles. The van der Waals surface area contributed by atoms with Crippen LogP contribution in [-0.4, -0.2) is 49.5 Å². The van der Waals surface area contributed by atoms with Gasteiger partial charge in [-0.05, 0) is 43.0 Å². The summed E-state index contributed by atoms with van der Waals surface area (Å²) >= 11 is 0. The maximum atomic E-state index is 13.0. The van der Waals surface area contributed by atoms with Crippen LogP contribution >= 0.6 is 12.4 Å². The Bertz CT molecular complexity index is 637. The van der Waals surface area contributed by atoms with Gasteiger partial charge in [-0.25, -0.2) is 0 Å². The summed E-state index contributed by atoms with van der Waals surface area (Å²) in [5.74, 6) is 1.14. The van der Waals surface area contributed by atoms with Gasteiger partial charge in [-0.1, -0.05) is 6.92 Å². The average molecular weight is 382 g/mol. The van der Waals surface area contributed by atoms with Crippen LogP contribution in [-0.2, 0) is 9.59 Å². The van der Waals surface area contributed by atoms with Crippen molar-refractivity contribution in [2.75, 3.05) is 31.6 Å². The van der Waals surface area contributed by atoms with Crippen molar-refractivity contribution in [2.24, 2.45) is 17.6 Å². The number of rotatable bonds is 4. The molecular formula is C19H28ClN3O3. The number of anilines is 1. The van der Waals surface area contributed by atoms with Crippen molar-refractivity contribution < 1.29 is 14.3 Å². The fourth-order valence-electron chi connectivity index (χ4n) is 3.88. The molecule has 3 unspecified atom stereocenters. The first-order valence-electron chi connectivity index (χ1n) is 8.98. The number of ether oxygens (including phenoxy) is 1. The van der Waals surface area contributed by atoms with Crippen molar-refractivity contribution in [3.63, 3.8) is 0 Å². The van der Waals surface area contributed by atoms with E-state index >= 15 is 0 Å². The van der Waals surface area contributed by atoms with E-state index in [1.807, 2.05) is 29.2 Å². The molecule has 6 nitrogen and oxygen atoms in total. The number of hydrogen-bond donors (Lipinski definition) is 1. The number of nitrogens with two attached hydrogens (primary N) is 1. The second kappa shape index (κ2) is 8.73. The van der Waals surface area contributed by atoms with Crippen LogP contribution in [0.3, 0.4) is 0 Å². The Kier molecular flexibility index (Phi) is 6.89. The summed E-state index contributed by atoms with van der Waals surface area (Å²) in [5.41, 5.74) is 6.69. The summed E-state index contributed by atoms with van der Waals surface area (Å²) in [6.07, 6.45) is 2.23. The normalized spacial score (nSPS) is 25.8. The third kappa shape index (κ3) is 4.13. The van der Waals surface area contributed by atoms with Gasteiger partial charge in [-0.15, -0.1) is 12.4 Å². The third-order valence-electron chi connectivity index (χ3n) is 5.39. The Hall–Kier alpha value is -1.79. The lowest BCUT2D eigenvalue weighted by atomic mass is 9.91. The minimum absolute atomic E-state index is 0. The van der Waals surface area contributed by atoms with Gasteiger partial charge in [-0.2, -0.15) is 0 Å². The maximum absolute atomic E-state index is 13.0. The van der Waals surface area contributed by atoms with Gasteiger partial charge < -0.3 is 20.3 Å². The van der Waals surface area contributed by atoms with E-state index in [1.165, 1.54) is 0 Å². The summed E-state index contributed by atoms with van der Waals surface area (Å²) in [4.78, 5) is 29.0. The van der Waals surface area contributed by atoms with Gasteiger partial charge in [0.15, 0.2) is 0 Å². The fourth-order valence-corrected chi connectivity index (χ4v) is 3.88. The van der Waals surface area contributed by atoms with Crippen LogP contribution in [0, 0.1) is 11.8 Å². The lowest BCUT2D eigenvalue weighted by Crippen LogP contribution is -2.51. The summed E-state index contributed by atoms with van der Waals surface area (Å²) in [6, 6.07) is 7.47. The zero-order valence-electron chi connectivity index (χ0n) is 15.4. The molecule has 2 aliphatic heterocycles. The van der Waals surface area contributed by atoms with Crippen LogP contribution in [0.5, 0.6) is 5.75 Å². The van der Waals surface area contributed by atoms with Gasteiger partial charge in [0.25, 0.3) is 0 Å². The highest BCUT2D eigenvalue weighted by Gasteiger charge is 2.40. The Labute approximate surface area is 161 Å². The van der Waals surface area contributed by atoms with Gasteiger partial charge in [0, 0.05) is 37.8 Å². The van der Waals surface area contributed by atoms with Crippen LogP contribution in [0.15, 0.2) is 24.3 Å². The van der Waals surface area contributed by atoms with Crippen molar-refractivity contribution in [1.29, 1.82) is 0 Å². The van der Waals surface area contributed by atoms with Crippen molar-refractivity contribution in [1.82, 2.24) is 4.90 Å². The first-order chi connectivity index (χ1) is 12.0. The van der Waals surface area contributed by atoms with E-state index in [1.54, 1.807) is 12.0 Å². The number of methoxy groups -OCH3 is 1. The lowest BCUT2D eigenvalue weighted by molar-refractivity contribution is -0.139. The summed E-state index contributed by atoms with van der Waals surface area (Å²) in [7, 11) is 1.61. The second-order valence-electron chi connectivity index (χ2n) is 7.15. The van der Waals surface area contributed by atoms with E-state index in [4.69, 9.17) is 10.5 Å². The number of halogens is 1. The molecule has 1 aromatic carbocycles. The predicted molar refractivity (Wildman–Crippen MR) is 104 cm³/mol. The molecule has 144 valence electrons. The highest BCUT2D eigenvalue weighted by atomic mass is 35.5. The molecule has 0 aliphatic carbocycles. The SMILES string of the molecule is COc1ccc(N2CC(C(=O)N3CCC(C)CC3CN)CC2=O)cc1.Cl. The Balaban J connectivity index is 0.00000243. The zero-order chi connectivity index (χ0) is 18.0. The van der Waals surface area contributed by atoms with E-state index in [0.29, 0.717) is 19.0 Å². The summed E-state index contributed by atoms with van der Waals surface area (Å²) in [6.45, 7) is 3.87. The molecule has 1 aromatic rings. The molecule has 0 radical (unpaired) electrons. The quantitative estimate of drug-likeness (QED) is 0.866. The summed E-state index contributed by atoms with van der Waals surface area (Å²) < 4.78 is 5.15. The first kappa shape index (κ1) is 20.5. The lowest BCUT2D eigenvalue weighted by Gasteiger charge is -2.39. The maximum Gasteiger partial charge on any atom is 0.228 e. The van der Waals surface area contributed by atoms with E-state index < -0.39 is 0 Å². The standard InChI is InChI=1S/C19H27N3O3.ClH/c1-13-7-8-21(16(9-13)11-20)19(24)14-10-18(23)22(12-14)15-3-5-17(25-2)6-4-15;/h3-6,13-14,16H,7-12,20H2,1-2H3;1H. The predicted octanol–water partition coefficient (Wildman–Crippen LogP) is 2.06. The molecule has 0 spiro atoms. The largest absolute Gasteiger partial charge is 0.497 e. The average Bonchev–Trinajstić information content (AvgIpc) is 3.02. The molecule has 7 heteroatoms. The van der Waals surface area contributed by atoms with Gasteiger partial charge in [0.05, 0.1) is 13.0 Å². The van der Waals surface area contributed by atoms with Crippen LogP contribution in [0.25, 0.3) is 0 Å². The van der Waals surface area contributed by atoms with Crippen molar-refractivity contribution in [3.05, 3.63) is 24.3 Å². The van der Waals surface area contributed by atoms with Crippen LogP contribution in [0.4, 0.5) is 5.69 Å². The van der Waals surface area contributed by atoms with E-state index in [-0.39, 0.29) is 42.6 Å². The number of hydrogen-bond acceptors (Lipinski definition) is 4. The summed E-state index contributed by atoms with van der Waals surface area (Å²) in [5, 5.41) is 0. The number of carbonyl (C=O) groups is 2. The van der Waals surface area contributed by atoms with Crippen LogP contribution in [0.1, 0.15) is 26.2 Å². The molecule has 3 atom stereocenters. The van der Waals surface area contributed by atoms with Gasteiger partial charge in [0.1, 0.15) is 5.75 Å². The van der Waals surface area contributed by atoms with E-state index in [2.05, 4.69) is 6.92 Å². The highest BCUT2D eigenvalue weighted by Crippen LogP contribution is 2.30. The van der Waals surface area contributed by atoms with Gasteiger partial charge in [-0.3, -0.25) is 9.59 Å². The van der Waals surface area contributed by atoms with E-state index in [0.717, 1.165) is 30.8 Å². The molecular weight excluding hydrogens is 354 g/mol. The highest BCUT2D eigenvalue weighted by molar-refractivity contribution is 6.00. The zero-order valence-corrected chi connectivity index (χ0v) is 16.2. The molecule has 2 amide bonds. The fraction of sp³-hybridized carbons (Fsp3) is 0.579.